The van der Waals surface area contributed by atoms with E-state index in [4.69, 9.17) is 14.6 Å². The maximum absolute atomic E-state index is 15.1. The van der Waals surface area contributed by atoms with Crippen molar-refractivity contribution in [3.63, 3.8) is 0 Å². The Kier molecular flexibility index (Phi) is 7.62. The van der Waals surface area contributed by atoms with Gasteiger partial charge in [-0.3, -0.25) is 9.69 Å². The summed E-state index contributed by atoms with van der Waals surface area (Å²) in [5.41, 5.74) is 0.298. The van der Waals surface area contributed by atoms with Gasteiger partial charge in [0.15, 0.2) is 5.82 Å². The number of aromatic nitrogens is 3. The fourth-order valence-corrected chi connectivity index (χ4v) is 5.96. The predicted molar refractivity (Wildman–Crippen MR) is 155 cm³/mol. The highest BCUT2D eigenvalue weighted by Gasteiger charge is 2.39. The van der Waals surface area contributed by atoms with Crippen molar-refractivity contribution in [2.24, 2.45) is 0 Å². The molecule has 43 heavy (non-hydrogen) atoms. The maximum atomic E-state index is 15.1. The Labute approximate surface area is 249 Å². The smallest absolute Gasteiger partial charge is 0.417 e. The minimum Gasteiger partial charge on any atom is -0.443 e. The summed E-state index contributed by atoms with van der Waals surface area (Å²) >= 11 is 0. The van der Waals surface area contributed by atoms with Crippen LogP contribution in [0.3, 0.4) is 0 Å². The molecule has 2 amide bonds. The number of piperidine rings is 1. The molecule has 6 rings (SSSR count). The van der Waals surface area contributed by atoms with E-state index in [0.29, 0.717) is 11.7 Å². The number of fused-ring (bicyclic) bond motifs is 1. The quantitative estimate of drug-likeness (QED) is 0.444. The first kappa shape index (κ1) is 28.8. The second-order valence-corrected chi connectivity index (χ2v) is 12.0. The van der Waals surface area contributed by atoms with E-state index in [1.165, 1.54) is 18.2 Å². The second-order valence-electron chi connectivity index (χ2n) is 12.0. The van der Waals surface area contributed by atoms with Gasteiger partial charge >= 0.3 is 6.09 Å². The van der Waals surface area contributed by atoms with E-state index in [1.807, 2.05) is 12.1 Å². The number of morpholine rings is 1. The molecule has 12 heteroatoms. The van der Waals surface area contributed by atoms with Crippen LogP contribution in [0.15, 0.2) is 36.5 Å². The molecule has 0 aliphatic carbocycles. The lowest BCUT2D eigenvalue weighted by molar-refractivity contribution is 0.0114. The molecule has 2 aromatic heterocycles. The Morgan fingerprint density at radius 3 is 2.56 bits per heavy atom. The van der Waals surface area contributed by atoms with Crippen LogP contribution in [0, 0.1) is 17.1 Å². The third-order valence-corrected chi connectivity index (χ3v) is 8.02. The van der Waals surface area contributed by atoms with Crippen LogP contribution in [-0.4, -0.2) is 87.6 Å². The third-order valence-electron chi connectivity index (χ3n) is 8.02. The largest absolute Gasteiger partial charge is 0.443 e. The van der Waals surface area contributed by atoms with Gasteiger partial charge in [0.05, 0.1) is 59.6 Å². The van der Waals surface area contributed by atoms with Crippen molar-refractivity contribution in [2.75, 3.05) is 44.3 Å². The lowest BCUT2D eigenvalue weighted by Gasteiger charge is -2.40. The number of hydrogen-bond acceptors (Lipinski definition) is 9. The number of nitriles is 1. The van der Waals surface area contributed by atoms with E-state index in [2.05, 4.69) is 14.8 Å². The van der Waals surface area contributed by atoms with Gasteiger partial charge in [-0.05, 0) is 51.8 Å². The molecule has 0 bridgehead atoms. The van der Waals surface area contributed by atoms with Crippen molar-refractivity contribution in [1.29, 1.82) is 5.26 Å². The van der Waals surface area contributed by atoms with Gasteiger partial charge in [0.1, 0.15) is 11.4 Å². The van der Waals surface area contributed by atoms with Crippen LogP contribution in [0.1, 0.15) is 55.2 Å². The van der Waals surface area contributed by atoms with Crippen molar-refractivity contribution < 1.29 is 23.5 Å². The fourth-order valence-electron chi connectivity index (χ4n) is 5.96. The summed E-state index contributed by atoms with van der Waals surface area (Å²) in [6.45, 7) is 10.1. The van der Waals surface area contributed by atoms with Crippen LogP contribution in [0.4, 0.5) is 15.0 Å². The predicted octanol–water partition coefficient (Wildman–Crippen LogP) is 4.14. The molecule has 3 aliphatic rings. The Morgan fingerprint density at radius 2 is 1.86 bits per heavy atom. The average Bonchev–Trinajstić information content (AvgIpc) is 3.61. The molecule has 1 aromatic carbocycles. The average molecular weight is 588 g/mol. The van der Waals surface area contributed by atoms with Crippen molar-refractivity contribution >= 4 is 17.8 Å². The van der Waals surface area contributed by atoms with Gasteiger partial charge < -0.3 is 14.4 Å². The zero-order valence-electron chi connectivity index (χ0n) is 24.5. The molecule has 0 atom stereocenters. The van der Waals surface area contributed by atoms with Crippen molar-refractivity contribution in [3.8, 4) is 23.0 Å². The number of carbonyl (C=O) groups is 2. The lowest BCUT2D eigenvalue weighted by Crippen LogP contribution is -2.49. The molecule has 0 N–H and O–H groups in total. The Hall–Kier alpha value is -4.34. The SMILES string of the molecule is CC(C)(C)OC(=O)N1Cc2nc(-c3c(F)cccc3C#N)cc(-n3ccc(N4CCC(N5CCOCC5)CC4)n3)c2C1=O. The van der Waals surface area contributed by atoms with Gasteiger partial charge in [-0.1, -0.05) is 6.07 Å². The Bertz CT molecular complexity index is 1590. The molecule has 0 spiro atoms. The summed E-state index contributed by atoms with van der Waals surface area (Å²) in [6.07, 6.45) is 2.97. The number of benzene rings is 1. The Balaban J connectivity index is 1.34. The summed E-state index contributed by atoms with van der Waals surface area (Å²) in [6, 6.07) is 10.2. The number of nitrogens with zero attached hydrogens (tertiary/aromatic N) is 7. The molecule has 2 fully saturated rings. The first-order valence-corrected chi connectivity index (χ1v) is 14.5. The van der Waals surface area contributed by atoms with Crippen molar-refractivity contribution in [2.45, 2.75) is 51.8 Å². The summed E-state index contributed by atoms with van der Waals surface area (Å²) in [5.74, 6) is -0.434. The molecular formula is C31H34FN7O4. The highest BCUT2D eigenvalue weighted by atomic mass is 19.1. The van der Waals surface area contributed by atoms with Crippen LogP contribution >= 0.6 is 0 Å². The van der Waals surface area contributed by atoms with E-state index in [0.717, 1.165) is 63.0 Å². The monoisotopic (exact) mass is 587 g/mol. The number of amides is 2. The van der Waals surface area contributed by atoms with Crippen LogP contribution in [0.5, 0.6) is 0 Å². The number of rotatable bonds is 4. The Morgan fingerprint density at radius 1 is 1.12 bits per heavy atom. The van der Waals surface area contributed by atoms with Crippen LogP contribution < -0.4 is 4.90 Å². The first-order chi connectivity index (χ1) is 20.6. The molecule has 2 saturated heterocycles. The lowest BCUT2D eigenvalue weighted by atomic mass is 10.0. The van der Waals surface area contributed by atoms with Gasteiger partial charge in [-0.15, -0.1) is 0 Å². The standard InChI is InChI=1S/C31H34FN7O4/c1-31(2,3)43-30(41)38-19-24-28(29(38)40)25(17-23(34-24)27-20(18-33)5-4-6-22(27)32)39-12-9-26(35-39)37-10-7-21(8-11-37)36-13-15-42-16-14-36/h4-6,9,12,17,21H,7-8,10-11,13-16,19H2,1-3H3. The molecule has 224 valence electrons. The van der Waals surface area contributed by atoms with Crippen molar-refractivity contribution in [3.05, 3.63) is 59.2 Å². The van der Waals surface area contributed by atoms with Gasteiger partial charge in [0.25, 0.3) is 5.91 Å². The van der Waals surface area contributed by atoms with Gasteiger partial charge in [-0.25, -0.2) is 23.8 Å². The molecule has 0 radical (unpaired) electrons. The number of imide groups is 1. The van der Waals surface area contributed by atoms with Crippen molar-refractivity contribution in [1.82, 2.24) is 24.6 Å². The number of hydrogen-bond donors (Lipinski definition) is 0. The van der Waals surface area contributed by atoms with Gasteiger partial charge in [-0.2, -0.15) is 10.4 Å². The molecule has 0 unspecified atom stereocenters. The molecular weight excluding hydrogens is 553 g/mol. The van der Waals surface area contributed by atoms with E-state index in [1.54, 1.807) is 37.7 Å². The van der Waals surface area contributed by atoms with E-state index in [-0.39, 0.29) is 34.6 Å². The van der Waals surface area contributed by atoms with Gasteiger partial charge in [0, 0.05) is 44.5 Å². The zero-order chi connectivity index (χ0) is 30.3. The summed E-state index contributed by atoms with van der Waals surface area (Å²) in [4.78, 5) is 36.9. The number of pyridine rings is 1. The molecule has 3 aliphatic heterocycles. The number of carbonyl (C=O) groups excluding carboxylic acids is 2. The fraction of sp³-hybridized carbons (Fsp3) is 0.452. The number of anilines is 1. The summed E-state index contributed by atoms with van der Waals surface area (Å²) in [5, 5.41) is 14.5. The van der Waals surface area contributed by atoms with E-state index in [9.17, 15) is 14.9 Å². The van der Waals surface area contributed by atoms with Crippen LogP contribution in [0.25, 0.3) is 16.9 Å². The summed E-state index contributed by atoms with van der Waals surface area (Å²) in [7, 11) is 0. The number of ether oxygens (including phenoxy) is 2. The second kappa shape index (κ2) is 11.4. The van der Waals surface area contributed by atoms with Crippen LogP contribution in [0.2, 0.25) is 0 Å². The molecule has 3 aromatic rings. The molecule has 5 heterocycles. The highest BCUT2D eigenvalue weighted by Crippen LogP contribution is 2.35. The third kappa shape index (κ3) is 5.70. The number of halogens is 1. The highest BCUT2D eigenvalue weighted by molar-refractivity contribution is 6.08. The minimum absolute atomic E-state index is 0.0229. The normalized spacial score (nSPS) is 18.1. The molecule has 11 nitrogen and oxygen atoms in total. The minimum atomic E-state index is -0.811. The molecule has 0 saturated carbocycles. The first-order valence-electron chi connectivity index (χ1n) is 14.5. The topological polar surface area (TPSA) is 117 Å². The van der Waals surface area contributed by atoms with Crippen LogP contribution in [-0.2, 0) is 16.0 Å². The zero-order valence-corrected chi connectivity index (χ0v) is 24.5. The van der Waals surface area contributed by atoms with E-state index < -0.39 is 23.4 Å². The summed E-state index contributed by atoms with van der Waals surface area (Å²) < 4.78 is 27.6. The van der Waals surface area contributed by atoms with E-state index >= 15 is 4.39 Å². The van der Waals surface area contributed by atoms with Gasteiger partial charge in [0.2, 0.25) is 0 Å². The maximum Gasteiger partial charge on any atom is 0.417 e.